The molecule has 166 valence electrons. The highest BCUT2D eigenvalue weighted by molar-refractivity contribution is 8.14. The summed E-state index contributed by atoms with van der Waals surface area (Å²) < 4.78 is 51.7. The lowest BCUT2D eigenvalue weighted by Gasteiger charge is -2.38. The van der Waals surface area contributed by atoms with Crippen molar-refractivity contribution in [3.8, 4) is 5.88 Å². The molecular formula is C19H20F3N5O3S. The van der Waals surface area contributed by atoms with E-state index >= 15 is 4.39 Å². The highest BCUT2D eigenvalue weighted by Crippen LogP contribution is 2.42. The van der Waals surface area contributed by atoms with Gasteiger partial charge in [0.05, 0.1) is 24.3 Å². The van der Waals surface area contributed by atoms with Gasteiger partial charge in [0, 0.05) is 18.4 Å². The van der Waals surface area contributed by atoms with Crippen molar-refractivity contribution in [3.05, 3.63) is 47.7 Å². The van der Waals surface area contributed by atoms with Crippen LogP contribution in [0.2, 0.25) is 0 Å². The second-order valence-electron chi connectivity index (χ2n) is 6.75. The first-order valence-corrected chi connectivity index (χ1v) is 9.93. The van der Waals surface area contributed by atoms with Crippen LogP contribution in [-0.4, -0.2) is 53.0 Å². The maximum Gasteiger partial charge on any atom is 0.275 e. The molecule has 3 N–H and O–H groups in total. The zero-order chi connectivity index (χ0) is 22.6. The van der Waals surface area contributed by atoms with Crippen molar-refractivity contribution in [2.75, 3.05) is 25.9 Å². The number of anilines is 1. The number of halogens is 3. The molecule has 0 saturated heterocycles. The highest BCUT2D eigenvalue weighted by Gasteiger charge is 2.47. The molecule has 1 aromatic carbocycles. The largest absolute Gasteiger partial charge is 0.445 e. The third-order valence-corrected chi connectivity index (χ3v) is 5.65. The van der Waals surface area contributed by atoms with Crippen molar-refractivity contribution in [3.63, 3.8) is 0 Å². The van der Waals surface area contributed by atoms with E-state index in [1.165, 1.54) is 26.2 Å². The Kier molecular flexibility index (Phi) is 7.01. The summed E-state index contributed by atoms with van der Waals surface area (Å²) in [6.45, 7) is 0.423. The number of nitrogens with zero attached hydrogens (tertiary/aromatic N) is 3. The van der Waals surface area contributed by atoms with Gasteiger partial charge in [-0.1, -0.05) is 11.8 Å². The van der Waals surface area contributed by atoms with Gasteiger partial charge in [0.15, 0.2) is 5.17 Å². The van der Waals surface area contributed by atoms with Crippen molar-refractivity contribution < 1.29 is 27.4 Å². The zero-order valence-corrected chi connectivity index (χ0v) is 17.5. The van der Waals surface area contributed by atoms with Gasteiger partial charge in [-0.05, 0) is 25.1 Å². The molecule has 0 radical (unpaired) electrons. The van der Waals surface area contributed by atoms with E-state index < -0.39 is 35.5 Å². The summed E-state index contributed by atoms with van der Waals surface area (Å²) in [7, 11) is 1.43. The summed E-state index contributed by atoms with van der Waals surface area (Å²) >= 11 is 1.03. The molecule has 2 heterocycles. The number of methoxy groups -OCH3 is 1. The Bertz CT molecular complexity index is 979. The second kappa shape index (κ2) is 9.52. The number of carbonyl (C=O) groups excluding carboxylic acids is 1. The predicted molar refractivity (Wildman–Crippen MR) is 110 cm³/mol. The topological polar surface area (TPSA) is 112 Å². The van der Waals surface area contributed by atoms with E-state index in [2.05, 4.69) is 25.0 Å². The summed E-state index contributed by atoms with van der Waals surface area (Å²) in [5.74, 6) is -1.44. The Morgan fingerprint density at radius 3 is 2.77 bits per heavy atom. The van der Waals surface area contributed by atoms with Gasteiger partial charge >= 0.3 is 0 Å². The highest BCUT2D eigenvalue weighted by atomic mass is 32.2. The van der Waals surface area contributed by atoms with Gasteiger partial charge < -0.3 is 20.5 Å². The molecule has 31 heavy (non-hydrogen) atoms. The number of amides is 1. The summed E-state index contributed by atoms with van der Waals surface area (Å²) in [5, 5.41) is 1.97. The number of alkyl halides is 2. The number of hydrogen-bond acceptors (Lipinski definition) is 8. The van der Waals surface area contributed by atoms with Gasteiger partial charge in [0.2, 0.25) is 12.7 Å². The van der Waals surface area contributed by atoms with Crippen LogP contribution in [0.4, 0.5) is 18.9 Å². The molecule has 0 aliphatic carbocycles. The van der Waals surface area contributed by atoms with Gasteiger partial charge in [-0.3, -0.25) is 4.79 Å². The summed E-state index contributed by atoms with van der Waals surface area (Å²) in [5.41, 5.74) is 4.28. The summed E-state index contributed by atoms with van der Waals surface area (Å²) in [6.07, 6.45) is 0.591. The van der Waals surface area contributed by atoms with Crippen molar-refractivity contribution >= 4 is 28.5 Å². The number of carbonyl (C=O) groups is 1. The summed E-state index contributed by atoms with van der Waals surface area (Å²) in [4.78, 5) is 24.2. The SMILES string of the molecule is COC[C@H]1SC(N)=N[C@](C)(c2cc(NC(=O)c3cnc(OCF)cn3)ccc2F)[C@H]1F. The molecule has 0 saturated carbocycles. The van der Waals surface area contributed by atoms with E-state index in [-0.39, 0.29) is 34.6 Å². The van der Waals surface area contributed by atoms with Gasteiger partial charge in [-0.2, -0.15) is 0 Å². The van der Waals surface area contributed by atoms with Crippen LogP contribution in [-0.2, 0) is 10.3 Å². The van der Waals surface area contributed by atoms with Crippen molar-refractivity contribution in [2.24, 2.45) is 10.7 Å². The predicted octanol–water partition coefficient (Wildman–Crippen LogP) is 2.80. The number of ether oxygens (including phenoxy) is 2. The maximum atomic E-state index is 15.3. The van der Waals surface area contributed by atoms with Gasteiger partial charge in [0.1, 0.15) is 23.2 Å². The molecule has 0 unspecified atom stereocenters. The van der Waals surface area contributed by atoms with Crippen molar-refractivity contribution in [2.45, 2.75) is 23.9 Å². The van der Waals surface area contributed by atoms with Crippen LogP contribution in [0, 0.1) is 5.82 Å². The lowest BCUT2D eigenvalue weighted by molar-refractivity contribution is 0.102. The minimum absolute atomic E-state index is 0.0659. The standard InChI is InChI=1S/C19H20F3N5O3S/c1-19(16(22)14(8-29-2)31-18(23)27-19)11-5-10(3-4-12(11)21)26-17(28)13-6-25-15(7-24-13)30-9-20/h3-7,14,16H,8-9H2,1-2H3,(H2,23,27)(H,26,28)/t14-,16+,19-/m1/s1. The van der Waals surface area contributed by atoms with Crippen LogP contribution in [0.5, 0.6) is 5.88 Å². The minimum Gasteiger partial charge on any atom is -0.445 e. The first-order valence-electron chi connectivity index (χ1n) is 9.05. The molecule has 3 atom stereocenters. The van der Waals surface area contributed by atoms with E-state index in [9.17, 15) is 13.6 Å². The fraction of sp³-hybridized carbons (Fsp3) is 0.368. The molecule has 1 aliphatic heterocycles. The third-order valence-electron chi connectivity index (χ3n) is 4.64. The number of nitrogens with one attached hydrogen (secondary N) is 1. The number of amidine groups is 1. The van der Waals surface area contributed by atoms with Gasteiger partial charge in [-0.15, -0.1) is 0 Å². The fourth-order valence-electron chi connectivity index (χ4n) is 3.14. The van der Waals surface area contributed by atoms with Crippen molar-refractivity contribution in [1.82, 2.24) is 9.97 Å². The minimum atomic E-state index is -1.62. The first-order chi connectivity index (χ1) is 14.8. The number of hydrogen-bond donors (Lipinski definition) is 2. The van der Waals surface area contributed by atoms with E-state index in [4.69, 9.17) is 10.5 Å². The van der Waals surface area contributed by atoms with E-state index in [0.717, 1.165) is 30.2 Å². The Morgan fingerprint density at radius 1 is 1.35 bits per heavy atom. The van der Waals surface area contributed by atoms with E-state index in [1.807, 2.05) is 0 Å². The fourth-order valence-corrected chi connectivity index (χ4v) is 4.28. The zero-order valence-electron chi connectivity index (χ0n) is 16.6. The van der Waals surface area contributed by atoms with Gasteiger partial charge in [0.25, 0.3) is 5.91 Å². The molecule has 0 spiro atoms. The Hall–Kier alpha value is -2.86. The number of aliphatic imine (C=N–C) groups is 1. The van der Waals surface area contributed by atoms with E-state index in [0.29, 0.717) is 0 Å². The normalized spacial score (nSPS) is 23.2. The first kappa shape index (κ1) is 22.8. The lowest BCUT2D eigenvalue weighted by atomic mass is 9.85. The van der Waals surface area contributed by atoms with Crippen LogP contribution in [0.15, 0.2) is 35.6 Å². The molecule has 1 aromatic heterocycles. The van der Waals surface area contributed by atoms with Crippen LogP contribution in [0.25, 0.3) is 0 Å². The Labute approximate surface area is 180 Å². The van der Waals surface area contributed by atoms with Crippen molar-refractivity contribution in [1.29, 1.82) is 0 Å². The molecule has 3 rings (SSSR count). The third kappa shape index (κ3) is 4.90. The Balaban J connectivity index is 1.87. The summed E-state index contributed by atoms with van der Waals surface area (Å²) in [6, 6.07) is 3.72. The van der Waals surface area contributed by atoms with E-state index in [1.54, 1.807) is 0 Å². The maximum absolute atomic E-state index is 15.3. The number of aromatic nitrogens is 2. The number of rotatable bonds is 7. The molecule has 12 heteroatoms. The number of benzene rings is 1. The van der Waals surface area contributed by atoms with Crippen LogP contribution < -0.4 is 15.8 Å². The molecule has 0 bridgehead atoms. The number of nitrogens with two attached hydrogens (primary N) is 1. The second-order valence-corrected chi connectivity index (χ2v) is 8.01. The molecule has 2 aromatic rings. The molecule has 8 nitrogen and oxygen atoms in total. The van der Waals surface area contributed by atoms with Crippen LogP contribution >= 0.6 is 11.8 Å². The number of thioether (sulfide) groups is 1. The molecule has 1 aliphatic rings. The smallest absolute Gasteiger partial charge is 0.275 e. The van der Waals surface area contributed by atoms with Gasteiger partial charge in [-0.25, -0.2) is 28.1 Å². The molecule has 0 fully saturated rings. The Morgan fingerprint density at radius 2 is 2.13 bits per heavy atom. The van der Waals surface area contributed by atoms with Crippen LogP contribution in [0.1, 0.15) is 23.0 Å². The average Bonchev–Trinajstić information content (AvgIpc) is 2.74. The molecule has 1 amide bonds. The molecular weight excluding hydrogens is 435 g/mol. The monoisotopic (exact) mass is 455 g/mol. The average molecular weight is 455 g/mol. The quantitative estimate of drug-likeness (QED) is 0.660. The van der Waals surface area contributed by atoms with Crippen LogP contribution in [0.3, 0.4) is 0 Å². The lowest BCUT2D eigenvalue weighted by Crippen LogP contribution is -2.47.